The van der Waals surface area contributed by atoms with E-state index < -0.39 is 0 Å². The summed E-state index contributed by atoms with van der Waals surface area (Å²) in [5, 5.41) is 10.4. The van der Waals surface area contributed by atoms with E-state index >= 15 is 0 Å². The van der Waals surface area contributed by atoms with E-state index in [1.54, 1.807) is 13.3 Å². The highest BCUT2D eigenvalue weighted by atomic mass is 16.5. The summed E-state index contributed by atoms with van der Waals surface area (Å²) in [6.07, 6.45) is 4.46. The summed E-state index contributed by atoms with van der Waals surface area (Å²) in [5.41, 5.74) is 1.92. The Morgan fingerprint density at radius 2 is 2.24 bits per heavy atom. The highest BCUT2D eigenvalue weighted by Gasteiger charge is 2.29. The van der Waals surface area contributed by atoms with Crippen molar-refractivity contribution in [2.24, 2.45) is 0 Å². The molecule has 0 aliphatic carbocycles. The molecule has 1 aliphatic heterocycles. The molecule has 3 aromatic rings. The molecule has 0 radical (unpaired) electrons. The average molecular weight is 340 g/mol. The van der Waals surface area contributed by atoms with Gasteiger partial charge >= 0.3 is 0 Å². The van der Waals surface area contributed by atoms with Crippen LogP contribution in [0.15, 0.2) is 47.1 Å². The Balaban J connectivity index is 1.40. The predicted molar refractivity (Wildman–Crippen MR) is 91.0 cm³/mol. The number of hydrogen-bond donors (Lipinski definition) is 2. The zero-order valence-corrected chi connectivity index (χ0v) is 13.9. The van der Waals surface area contributed by atoms with Crippen LogP contribution in [0.25, 0.3) is 11.5 Å². The van der Waals surface area contributed by atoms with E-state index in [0.29, 0.717) is 12.4 Å². The first-order chi connectivity index (χ1) is 12.3. The molecule has 1 fully saturated rings. The van der Waals surface area contributed by atoms with E-state index in [0.717, 1.165) is 35.8 Å². The van der Waals surface area contributed by atoms with Crippen LogP contribution in [0.5, 0.6) is 5.88 Å². The van der Waals surface area contributed by atoms with Gasteiger partial charge in [-0.25, -0.2) is 4.98 Å². The van der Waals surface area contributed by atoms with Crippen molar-refractivity contribution in [1.29, 1.82) is 0 Å². The fraction of sp³-hybridized carbons (Fsp3) is 0.333. The number of hydrogen-bond acceptors (Lipinski definition) is 6. The Morgan fingerprint density at radius 1 is 1.28 bits per heavy atom. The maximum atomic E-state index is 5.89. The normalized spacial score (nSPS) is 20.0. The second-order valence-corrected chi connectivity index (χ2v) is 5.94. The van der Waals surface area contributed by atoms with E-state index in [-0.39, 0.29) is 12.1 Å². The summed E-state index contributed by atoms with van der Waals surface area (Å²) in [7, 11) is 1.61. The maximum Gasteiger partial charge on any atom is 0.212 e. The molecule has 0 aromatic carbocycles. The van der Waals surface area contributed by atoms with Crippen molar-refractivity contribution in [3.05, 3.63) is 54.0 Å². The summed E-state index contributed by atoms with van der Waals surface area (Å²) >= 11 is 0. The lowest BCUT2D eigenvalue weighted by atomic mass is 10.0. The molecule has 4 rings (SSSR count). The molecule has 7 nitrogen and oxygen atoms in total. The molecule has 1 aliphatic rings. The van der Waals surface area contributed by atoms with Crippen LogP contribution >= 0.6 is 0 Å². The fourth-order valence-corrected chi connectivity index (χ4v) is 3.05. The molecule has 0 unspecified atom stereocenters. The molecule has 0 saturated carbocycles. The van der Waals surface area contributed by atoms with Crippen LogP contribution in [0.1, 0.15) is 23.8 Å². The molecule has 0 bridgehead atoms. The van der Waals surface area contributed by atoms with Crippen LogP contribution in [0, 0.1) is 0 Å². The smallest absolute Gasteiger partial charge is 0.212 e. The third-order valence-electron chi connectivity index (χ3n) is 4.35. The summed E-state index contributed by atoms with van der Waals surface area (Å²) in [5.74, 6) is 2.27. The van der Waals surface area contributed by atoms with E-state index in [1.165, 1.54) is 0 Å². The van der Waals surface area contributed by atoms with Crippen LogP contribution in [0.2, 0.25) is 0 Å². The summed E-state index contributed by atoms with van der Waals surface area (Å²) in [4.78, 5) is 4.27. The molecule has 0 amide bonds. The third kappa shape index (κ3) is 3.42. The van der Waals surface area contributed by atoms with Crippen molar-refractivity contribution < 1.29 is 13.9 Å². The van der Waals surface area contributed by atoms with Crippen molar-refractivity contribution >= 4 is 0 Å². The largest absolute Gasteiger partial charge is 0.481 e. The fourth-order valence-electron chi connectivity index (χ4n) is 3.05. The first-order valence-electron chi connectivity index (χ1n) is 8.27. The Hall–Kier alpha value is -2.64. The van der Waals surface area contributed by atoms with Crippen molar-refractivity contribution in [2.45, 2.75) is 25.1 Å². The van der Waals surface area contributed by atoms with Gasteiger partial charge < -0.3 is 19.2 Å². The van der Waals surface area contributed by atoms with Gasteiger partial charge in [-0.05, 0) is 30.7 Å². The van der Waals surface area contributed by atoms with Gasteiger partial charge in [-0.15, -0.1) is 0 Å². The van der Waals surface area contributed by atoms with Gasteiger partial charge in [-0.3, -0.25) is 5.10 Å². The number of rotatable bonds is 6. The number of aromatic nitrogens is 3. The van der Waals surface area contributed by atoms with Crippen molar-refractivity contribution in [2.75, 3.05) is 13.7 Å². The first-order valence-corrected chi connectivity index (χ1v) is 8.27. The summed E-state index contributed by atoms with van der Waals surface area (Å²) in [6.45, 7) is 1.37. The lowest BCUT2D eigenvalue weighted by molar-refractivity contribution is 0.0977. The second kappa shape index (κ2) is 7.08. The molecule has 4 heterocycles. The number of furan rings is 1. The first kappa shape index (κ1) is 15.9. The van der Waals surface area contributed by atoms with Gasteiger partial charge in [0, 0.05) is 36.7 Å². The van der Waals surface area contributed by atoms with Crippen LogP contribution in [0.3, 0.4) is 0 Å². The maximum absolute atomic E-state index is 5.89. The van der Waals surface area contributed by atoms with E-state index in [4.69, 9.17) is 13.9 Å². The number of H-pyrrole nitrogens is 1. The van der Waals surface area contributed by atoms with E-state index in [9.17, 15) is 0 Å². The van der Waals surface area contributed by atoms with Crippen LogP contribution in [-0.2, 0) is 11.3 Å². The van der Waals surface area contributed by atoms with Gasteiger partial charge in [-0.2, -0.15) is 5.10 Å². The predicted octanol–water partition coefficient (Wildman–Crippen LogP) is 2.69. The number of pyridine rings is 1. The van der Waals surface area contributed by atoms with E-state index in [1.807, 2.05) is 36.5 Å². The van der Waals surface area contributed by atoms with Gasteiger partial charge in [0.1, 0.15) is 11.5 Å². The molecule has 3 aromatic heterocycles. The van der Waals surface area contributed by atoms with Gasteiger partial charge in [0.15, 0.2) is 5.76 Å². The lowest BCUT2D eigenvalue weighted by Gasteiger charge is -2.19. The Bertz CT molecular complexity index is 798. The molecule has 2 N–H and O–H groups in total. The van der Waals surface area contributed by atoms with Crippen molar-refractivity contribution in [1.82, 2.24) is 20.5 Å². The molecular weight excluding hydrogens is 320 g/mol. The monoisotopic (exact) mass is 340 g/mol. The Kier molecular flexibility index (Phi) is 4.49. The number of methoxy groups -OCH3 is 1. The highest BCUT2D eigenvalue weighted by molar-refractivity contribution is 5.51. The number of aromatic amines is 1. The van der Waals surface area contributed by atoms with Gasteiger partial charge in [0.05, 0.1) is 19.8 Å². The van der Waals surface area contributed by atoms with Crippen molar-refractivity contribution in [3.63, 3.8) is 0 Å². The van der Waals surface area contributed by atoms with Gasteiger partial charge in [0.25, 0.3) is 0 Å². The van der Waals surface area contributed by atoms with Gasteiger partial charge in [-0.1, -0.05) is 0 Å². The zero-order valence-electron chi connectivity index (χ0n) is 13.9. The van der Waals surface area contributed by atoms with Crippen molar-refractivity contribution in [3.8, 4) is 17.3 Å². The topological polar surface area (TPSA) is 85.2 Å². The SMILES string of the molecule is COc1ccc([C@H]2OCC[C@@H]2NCc2ccc(-c3ccn[nH]3)o2)cn1. The average Bonchev–Trinajstić information content (AvgIpc) is 3.40. The second-order valence-electron chi connectivity index (χ2n) is 5.94. The Labute approximate surface area is 145 Å². The standard InChI is InChI=1S/C18H20N4O3/c1-23-17-5-2-12(10-20-17)18-15(7-9-24-18)19-11-13-3-4-16(25-13)14-6-8-21-22-14/h2-6,8,10,15,18-19H,7,9,11H2,1H3,(H,21,22)/t15-,18+/m0/s1. The number of nitrogens with zero attached hydrogens (tertiary/aromatic N) is 2. The molecule has 130 valence electrons. The number of ether oxygens (including phenoxy) is 2. The summed E-state index contributed by atoms with van der Waals surface area (Å²) < 4.78 is 16.9. The van der Waals surface area contributed by atoms with Crippen LogP contribution in [-0.4, -0.2) is 34.9 Å². The van der Waals surface area contributed by atoms with Gasteiger partial charge in [0.2, 0.25) is 5.88 Å². The third-order valence-corrected chi connectivity index (χ3v) is 4.35. The molecule has 2 atom stereocenters. The minimum Gasteiger partial charge on any atom is -0.481 e. The minimum atomic E-state index is -0.0135. The summed E-state index contributed by atoms with van der Waals surface area (Å²) in [6, 6.07) is 9.88. The highest BCUT2D eigenvalue weighted by Crippen LogP contribution is 2.30. The Morgan fingerprint density at radius 3 is 3.00 bits per heavy atom. The number of nitrogens with one attached hydrogen (secondary N) is 2. The zero-order chi connectivity index (χ0) is 17.1. The molecule has 7 heteroatoms. The molecule has 25 heavy (non-hydrogen) atoms. The van der Waals surface area contributed by atoms with E-state index in [2.05, 4.69) is 20.5 Å². The van der Waals surface area contributed by atoms with Crippen LogP contribution in [0.4, 0.5) is 0 Å². The molecule has 0 spiro atoms. The molecular formula is C18H20N4O3. The molecule has 1 saturated heterocycles. The van der Waals surface area contributed by atoms with Crippen LogP contribution < -0.4 is 10.1 Å². The minimum absolute atomic E-state index is 0.0135. The lowest BCUT2D eigenvalue weighted by Crippen LogP contribution is -2.31. The quantitative estimate of drug-likeness (QED) is 0.718.